The lowest BCUT2D eigenvalue weighted by atomic mass is 10.0. The third-order valence-corrected chi connectivity index (χ3v) is 4.75. The molecule has 0 aliphatic carbocycles. The summed E-state index contributed by atoms with van der Waals surface area (Å²) in [5.41, 5.74) is 3.64. The van der Waals surface area contributed by atoms with Crippen LogP contribution >= 0.6 is 0 Å². The average molecular weight is 364 g/mol. The van der Waals surface area contributed by atoms with Gasteiger partial charge in [0.05, 0.1) is 5.52 Å². The highest BCUT2D eigenvalue weighted by atomic mass is 16.5. The predicted octanol–water partition coefficient (Wildman–Crippen LogP) is 3.27. The van der Waals surface area contributed by atoms with E-state index in [4.69, 9.17) is 4.74 Å². The van der Waals surface area contributed by atoms with E-state index in [1.165, 1.54) is 0 Å². The minimum atomic E-state index is -0.604. The number of aryl methyl sites for hydroxylation is 2. The van der Waals surface area contributed by atoms with Crippen LogP contribution in [0.2, 0.25) is 0 Å². The van der Waals surface area contributed by atoms with E-state index < -0.39 is 6.10 Å². The second-order valence-electron chi connectivity index (χ2n) is 6.71. The van der Waals surface area contributed by atoms with Crippen LogP contribution in [0.3, 0.4) is 0 Å². The highest BCUT2D eigenvalue weighted by Gasteiger charge is 2.14. The fraction of sp³-hybridized carbons (Fsp3) is 0.273. The van der Waals surface area contributed by atoms with Gasteiger partial charge < -0.3 is 15.0 Å². The Balaban J connectivity index is 1.61. The fourth-order valence-electron chi connectivity index (χ4n) is 2.98. The lowest BCUT2D eigenvalue weighted by Gasteiger charge is -2.14. The van der Waals surface area contributed by atoms with Gasteiger partial charge >= 0.3 is 0 Å². The van der Waals surface area contributed by atoms with Gasteiger partial charge in [-0.2, -0.15) is 0 Å². The summed E-state index contributed by atoms with van der Waals surface area (Å²) in [7, 11) is 0. The van der Waals surface area contributed by atoms with Crippen molar-refractivity contribution in [2.75, 3.05) is 6.54 Å². The van der Waals surface area contributed by atoms with E-state index in [0.717, 1.165) is 22.0 Å². The molecule has 3 aromatic rings. The van der Waals surface area contributed by atoms with Crippen LogP contribution in [0.15, 0.2) is 53.3 Å². The van der Waals surface area contributed by atoms with Crippen molar-refractivity contribution in [2.24, 2.45) is 0 Å². The summed E-state index contributed by atoms with van der Waals surface area (Å²) in [6.45, 7) is 6.11. The quantitative estimate of drug-likeness (QED) is 0.705. The number of pyridine rings is 1. The Bertz CT molecular complexity index is 1010. The smallest absolute Gasteiger partial charge is 0.260 e. The molecule has 0 fully saturated rings. The van der Waals surface area contributed by atoms with Crippen LogP contribution in [0.5, 0.6) is 5.75 Å². The van der Waals surface area contributed by atoms with Crippen LogP contribution in [0.1, 0.15) is 23.6 Å². The van der Waals surface area contributed by atoms with Gasteiger partial charge in [0.2, 0.25) is 0 Å². The van der Waals surface area contributed by atoms with E-state index in [0.29, 0.717) is 24.3 Å². The highest BCUT2D eigenvalue weighted by molar-refractivity contribution is 5.83. The number of nitrogens with one attached hydrogen (secondary N) is 2. The van der Waals surface area contributed by atoms with E-state index >= 15 is 0 Å². The first-order chi connectivity index (χ1) is 13.0. The van der Waals surface area contributed by atoms with Crippen molar-refractivity contribution in [1.82, 2.24) is 10.3 Å². The van der Waals surface area contributed by atoms with Crippen LogP contribution in [-0.4, -0.2) is 23.5 Å². The van der Waals surface area contributed by atoms with Gasteiger partial charge in [0.15, 0.2) is 6.10 Å². The van der Waals surface area contributed by atoms with Gasteiger partial charge in [-0.05, 0) is 61.9 Å². The molecule has 140 valence electrons. The third-order valence-electron chi connectivity index (χ3n) is 4.75. The first-order valence-electron chi connectivity index (χ1n) is 9.07. The number of ether oxygens (including phenoxy) is 1. The molecule has 0 bridgehead atoms. The number of carbonyl (C=O) groups is 1. The van der Waals surface area contributed by atoms with Crippen molar-refractivity contribution in [3.05, 3.63) is 75.6 Å². The van der Waals surface area contributed by atoms with Crippen molar-refractivity contribution in [3.8, 4) is 5.75 Å². The SMILES string of the molecule is Cc1ccc2cc(CCNC(=O)[C@@H](C)Oc3ccccc3)c(=O)[nH]c2c1C. The van der Waals surface area contributed by atoms with Crippen LogP contribution < -0.4 is 15.6 Å². The first-order valence-corrected chi connectivity index (χ1v) is 9.07. The molecule has 3 rings (SSSR count). The molecule has 0 saturated carbocycles. The number of hydrogen-bond donors (Lipinski definition) is 2. The van der Waals surface area contributed by atoms with E-state index in [1.54, 1.807) is 6.92 Å². The number of aromatic amines is 1. The van der Waals surface area contributed by atoms with Crippen molar-refractivity contribution in [2.45, 2.75) is 33.3 Å². The molecule has 2 aromatic carbocycles. The Morgan fingerprint density at radius 3 is 2.63 bits per heavy atom. The standard InChI is InChI=1S/C22H24N2O3/c1-14-9-10-17-13-18(22(26)24-20(17)15(14)2)11-12-23-21(25)16(3)27-19-7-5-4-6-8-19/h4-10,13,16H,11-12H2,1-3H3,(H,23,25)(H,24,26)/t16-/m1/s1. The predicted molar refractivity (Wildman–Crippen MR) is 107 cm³/mol. The van der Waals surface area contributed by atoms with Crippen molar-refractivity contribution < 1.29 is 9.53 Å². The lowest BCUT2D eigenvalue weighted by molar-refractivity contribution is -0.127. The van der Waals surface area contributed by atoms with Gasteiger partial charge in [0, 0.05) is 12.1 Å². The normalized spacial score (nSPS) is 12.0. The Labute approximate surface area is 158 Å². The second-order valence-corrected chi connectivity index (χ2v) is 6.71. The number of para-hydroxylation sites is 1. The molecule has 0 aliphatic heterocycles. The number of aromatic nitrogens is 1. The largest absolute Gasteiger partial charge is 0.481 e. The zero-order valence-corrected chi connectivity index (χ0v) is 15.8. The highest BCUT2D eigenvalue weighted by Crippen LogP contribution is 2.19. The van der Waals surface area contributed by atoms with Crippen LogP contribution in [0.4, 0.5) is 0 Å². The number of amides is 1. The Kier molecular flexibility index (Phi) is 5.60. The van der Waals surface area contributed by atoms with Crippen LogP contribution in [0, 0.1) is 13.8 Å². The lowest BCUT2D eigenvalue weighted by Crippen LogP contribution is -2.37. The minimum absolute atomic E-state index is 0.112. The van der Waals surface area contributed by atoms with Gasteiger partial charge in [-0.25, -0.2) is 0 Å². The van der Waals surface area contributed by atoms with Gasteiger partial charge in [0.25, 0.3) is 11.5 Å². The van der Waals surface area contributed by atoms with Crippen molar-refractivity contribution in [1.29, 1.82) is 0 Å². The molecule has 5 nitrogen and oxygen atoms in total. The molecule has 0 aliphatic rings. The number of carbonyl (C=O) groups excluding carboxylic acids is 1. The zero-order valence-electron chi connectivity index (χ0n) is 15.8. The van der Waals surface area contributed by atoms with Crippen LogP contribution in [0.25, 0.3) is 10.9 Å². The Morgan fingerprint density at radius 1 is 1.15 bits per heavy atom. The number of benzene rings is 2. The summed E-state index contributed by atoms with van der Waals surface area (Å²) in [6.07, 6.45) is -0.143. The Morgan fingerprint density at radius 2 is 1.89 bits per heavy atom. The van der Waals surface area contributed by atoms with E-state index in [-0.39, 0.29) is 11.5 Å². The number of H-pyrrole nitrogens is 1. The van der Waals surface area contributed by atoms with Gasteiger partial charge in [-0.3, -0.25) is 9.59 Å². The maximum absolute atomic E-state index is 12.4. The van der Waals surface area contributed by atoms with E-state index in [1.807, 2.05) is 62.4 Å². The minimum Gasteiger partial charge on any atom is -0.481 e. The molecule has 1 heterocycles. The molecule has 0 radical (unpaired) electrons. The number of hydrogen-bond acceptors (Lipinski definition) is 3. The fourth-order valence-corrected chi connectivity index (χ4v) is 2.98. The summed E-state index contributed by atoms with van der Waals surface area (Å²) in [4.78, 5) is 27.5. The van der Waals surface area contributed by atoms with Crippen molar-refractivity contribution in [3.63, 3.8) is 0 Å². The molecule has 5 heteroatoms. The molecule has 2 N–H and O–H groups in total. The molecule has 0 saturated heterocycles. The summed E-state index contributed by atoms with van der Waals surface area (Å²) in [6, 6.07) is 15.2. The maximum atomic E-state index is 12.4. The second kappa shape index (κ2) is 8.08. The summed E-state index contributed by atoms with van der Waals surface area (Å²) >= 11 is 0. The Hall–Kier alpha value is -3.08. The van der Waals surface area contributed by atoms with Crippen LogP contribution in [-0.2, 0) is 11.2 Å². The van der Waals surface area contributed by atoms with E-state index in [9.17, 15) is 9.59 Å². The molecule has 27 heavy (non-hydrogen) atoms. The average Bonchev–Trinajstić information content (AvgIpc) is 2.66. The first kappa shape index (κ1) is 18.7. The molecule has 1 amide bonds. The summed E-state index contributed by atoms with van der Waals surface area (Å²) in [5.74, 6) is 0.444. The zero-order chi connectivity index (χ0) is 19.4. The monoisotopic (exact) mass is 364 g/mol. The molecule has 0 spiro atoms. The molecular weight excluding hydrogens is 340 g/mol. The topological polar surface area (TPSA) is 71.2 Å². The maximum Gasteiger partial charge on any atom is 0.260 e. The van der Waals surface area contributed by atoms with Crippen molar-refractivity contribution >= 4 is 16.8 Å². The van der Waals surface area contributed by atoms with Gasteiger partial charge in [-0.15, -0.1) is 0 Å². The molecule has 1 aromatic heterocycles. The van der Waals surface area contributed by atoms with E-state index in [2.05, 4.69) is 10.3 Å². The molecular formula is C22H24N2O3. The summed E-state index contributed by atoms with van der Waals surface area (Å²) in [5, 5.41) is 3.83. The number of rotatable bonds is 6. The number of fused-ring (bicyclic) bond motifs is 1. The molecule has 0 unspecified atom stereocenters. The van der Waals surface area contributed by atoms with Gasteiger partial charge in [0.1, 0.15) is 5.75 Å². The third kappa shape index (κ3) is 4.37. The van der Waals surface area contributed by atoms with Gasteiger partial charge in [-0.1, -0.05) is 30.3 Å². The summed E-state index contributed by atoms with van der Waals surface area (Å²) < 4.78 is 5.60. The molecule has 1 atom stereocenters.